The van der Waals surface area contributed by atoms with Gasteiger partial charge in [-0.25, -0.2) is 4.98 Å². The molecule has 1 heterocycles. The van der Waals surface area contributed by atoms with E-state index in [1.807, 2.05) is 66.0 Å². The number of para-hydroxylation sites is 1. The van der Waals surface area contributed by atoms with E-state index in [1.165, 1.54) is 43.4 Å². The first kappa shape index (κ1) is 37.1. The third-order valence-electron chi connectivity index (χ3n) is 7.82. The Hall–Kier alpha value is -5.69. The molecule has 0 aliphatic carbocycles. The molecule has 0 fully saturated rings. The average molecular weight is 806 g/mol. The van der Waals surface area contributed by atoms with Gasteiger partial charge in [-0.05, 0) is 60.2 Å². The van der Waals surface area contributed by atoms with Crippen LogP contribution in [0, 0.1) is 0 Å². The van der Waals surface area contributed by atoms with Crippen LogP contribution in [0.3, 0.4) is 0 Å². The highest BCUT2D eigenvalue weighted by molar-refractivity contribution is 9.10. The fraction of sp³-hybridized carbons (Fsp3) is 0.0732. The molecular weight excluding hydrogens is 773 g/mol. The lowest BCUT2D eigenvalue weighted by Crippen LogP contribution is -2.30. The first-order valence-corrected chi connectivity index (χ1v) is 18.8. The third kappa shape index (κ3) is 9.60. The first-order chi connectivity index (χ1) is 25.8. The fourth-order valence-electron chi connectivity index (χ4n) is 5.26. The number of carbonyl (C=O) groups excluding carboxylic acids is 3. The number of carbonyl (C=O) groups is 3. The lowest BCUT2D eigenvalue weighted by molar-refractivity contribution is -0.116. The van der Waals surface area contributed by atoms with Gasteiger partial charge in [-0.2, -0.15) is 0 Å². The molecule has 3 N–H and O–H groups in total. The van der Waals surface area contributed by atoms with Crippen molar-refractivity contribution in [3.8, 4) is 22.8 Å². The molecule has 53 heavy (non-hydrogen) atoms. The van der Waals surface area contributed by atoms with Gasteiger partial charge < -0.3 is 25.4 Å². The lowest BCUT2D eigenvalue weighted by atomic mass is 10.1. The van der Waals surface area contributed by atoms with E-state index >= 15 is 0 Å². The van der Waals surface area contributed by atoms with Gasteiger partial charge in [0.25, 0.3) is 11.8 Å². The maximum atomic E-state index is 13.9. The number of amides is 3. The van der Waals surface area contributed by atoms with E-state index in [1.54, 1.807) is 66.7 Å². The van der Waals surface area contributed by atoms with E-state index in [9.17, 15) is 14.4 Å². The summed E-state index contributed by atoms with van der Waals surface area (Å²) in [5.74, 6) is -0.395. The predicted molar refractivity (Wildman–Crippen MR) is 215 cm³/mol. The highest BCUT2D eigenvalue weighted by atomic mass is 79.9. The molecule has 0 bridgehead atoms. The van der Waals surface area contributed by atoms with Crippen molar-refractivity contribution in [1.29, 1.82) is 0 Å². The predicted octanol–water partition coefficient (Wildman–Crippen LogP) is 9.47. The van der Waals surface area contributed by atoms with E-state index in [0.717, 1.165) is 26.2 Å². The summed E-state index contributed by atoms with van der Waals surface area (Å²) in [7, 11) is 3.02. The topological polar surface area (TPSA) is 119 Å². The molecule has 6 aromatic rings. The van der Waals surface area contributed by atoms with Gasteiger partial charge in [0, 0.05) is 37.1 Å². The van der Waals surface area contributed by atoms with E-state index < -0.39 is 17.1 Å². The van der Waals surface area contributed by atoms with Crippen molar-refractivity contribution in [2.45, 2.75) is 10.1 Å². The van der Waals surface area contributed by atoms with Gasteiger partial charge in [0.15, 0.2) is 16.6 Å². The molecule has 3 amide bonds. The Morgan fingerprint density at radius 3 is 2.25 bits per heavy atom. The minimum absolute atomic E-state index is 0.0176. The Kier molecular flexibility index (Phi) is 12.4. The number of thioether (sulfide) groups is 1. The van der Waals surface area contributed by atoms with E-state index in [-0.39, 0.29) is 11.6 Å². The number of thiazole rings is 1. The van der Waals surface area contributed by atoms with Crippen LogP contribution in [-0.4, -0.2) is 36.9 Å². The highest BCUT2D eigenvalue weighted by Crippen LogP contribution is 2.38. The Morgan fingerprint density at radius 1 is 0.811 bits per heavy atom. The zero-order valence-electron chi connectivity index (χ0n) is 28.5. The zero-order valence-corrected chi connectivity index (χ0v) is 31.8. The van der Waals surface area contributed by atoms with E-state index in [4.69, 9.17) is 9.47 Å². The fourth-order valence-corrected chi connectivity index (χ4v) is 7.33. The van der Waals surface area contributed by atoms with Gasteiger partial charge in [-0.1, -0.05) is 94.8 Å². The van der Waals surface area contributed by atoms with Gasteiger partial charge in [-0.15, -0.1) is 23.1 Å². The minimum atomic E-state index is -0.636. The van der Waals surface area contributed by atoms with Crippen LogP contribution in [0.25, 0.3) is 17.3 Å². The number of hydrogen-bond donors (Lipinski definition) is 3. The molecule has 0 aliphatic heterocycles. The first-order valence-electron chi connectivity index (χ1n) is 16.3. The summed E-state index contributed by atoms with van der Waals surface area (Å²) in [6.45, 7) is 0. The summed E-state index contributed by atoms with van der Waals surface area (Å²) in [6, 6.07) is 38.3. The number of nitrogens with one attached hydrogen (secondary N) is 3. The molecule has 0 saturated heterocycles. The van der Waals surface area contributed by atoms with Crippen molar-refractivity contribution in [2.24, 2.45) is 0 Å². The molecule has 0 aliphatic rings. The molecule has 12 heteroatoms. The highest BCUT2D eigenvalue weighted by Gasteiger charge is 2.24. The minimum Gasteiger partial charge on any atom is -0.493 e. The summed E-state index contributed by atoms with van der Waals surface area (Å²) in [6.07, 6.45) is 1.53. The number of aromatic nitrogens is 1. The Morgan fingerprint density at radius 2 is 1.53 bits per heavy atom. The molecule has 6 rings (SSSR count). The van der Waals surface area contributed by atoms with Crippen LogP contribution in [0.4, 0.5) is 10.8 Å². The molecule has 1 aromatic heterocycles. The second kappa shape index (κ2) is 17.7. The molecule has 5 aromatic carbocycles. The van der Waals surface area contributed by atoms with Gasteiger partial charge in [-0.3, -0.25) is 14.4 Å². The van der Waals surface area contributed by atoms with Crippen LogP contribution in [0.15, 0.2) is 148 Å². The van der Waals surface area contributed by atoms with Gasteiger partial charge in [0.2, 0.25) is 5.91 Å². The summed E-state index contributed by atoms with van der Waals surface area (Å²) in [5.41, 5.74) is 3.86. The number of benzene rings is 5. The van der Waals surface area contributed by atoms with Crippen molar-refractivity contribution in [1.82, 2.24) is 10.3 Å². The van der Waals surface area contributed by atoms with Crippen molar-refractivity contribution < 1.29 is 23.9 Å². The Labute approximate surface area is 323 Å². The smallest absolute Gasteiger partial charge is 0.272 e. The lowest BCUT2D eigenvalue weighted by Gasteiger charge is -2.17. The summed E-state index contributed by atoms with van der Waals surface area (Å²) in [4.78, 5) is 46.3. The van der Waals surface area contributed by atoms with E-state index in [0.29, 0.717) is 33.4 Å². The number of anilines is 2. The van der Waals surface area contributed by atoms with E-state index in [2.05, 4.69) is 36.9 Å². The monoisotopic (exact) mass is 804 g/mol. The molecule has 9 nitrogen and oxygen atoms in total. The normalized spacial score (nSPS) is 11.6. The molecule has 266 valence electrons. The Bertz CT molecular complexity index is 2250. The molecule has 1 unspecified atom stereocenters. The molecule has 1 atom stereocenters. The van der Waals surface area contributed by atoms with Gasteiger partial charge >= 0.3 is 0 Å². The number of methoxy groups -OCH3 is 2. The van der Waals surface area contributed by atoms with Crippen LogP contribution in [0.2, 0.25) is 0 Å². The second-order valence-electron chi connectivity index (χ2n) is 11.4. The summed E-state index contributed by atoms with van der Waals surface area (Å²) >= 11 is 6.15. The van der Waals surface area contributed by atoms with Crippen LogP contribution < -0.4 is 25.4 Å². The molecule has 0 saturated carbocycles. The average Bonchev–Trinajstić information content (AvgIpc) is 3.65. The SMILES string of the molecule is COc1cccc(/C=C(/NC(=O)c2ccccc2)C(=O)Nc2cccc(SC(C(=O)Nc3nc(-c4ccc(Br)cc4)cs3)c3ccccc3)c2)c1OC. The van der Waals surface area contributed by atoms with Gasteiger partial charge in [0.05, 0.1) is 19.9 Å². The zero-order chi connectivity index (χ0) is 37.2. The number of rotatable bonds is 13. The van der Waals surface area contributed by atoms with Crippen LogP contribution in [-0.2, 0) is 9.59 Å². The van der Waals surface area contributed by atoms with Crippen molar-refractivity contribution in [2.75, 3.05) is 24.9 Å². The second-order valence-corrected chi connectivity index (χ2v) is 14.3. The third-order valence-corrected chi connectivity index (χ3v) is 10.4. The standard InChI is InChI=1S/C41H33BrN4O5S2/c1-50-35-18-9-15-29(36(35)51-2)23-33(44-38(47)28-13-7-4-8-14-28)39(48)43-31-16-10-17-32(24-31)53-37(27-11-5-3-6-12-27)40(49)46-41-45-34(25-52-41)26-19-21-30(42)22-20-26/h3-25,37H,1-2H3,(H,43,48)(H,44,47)(H,45,46,49)/b33-23+. The van der Waals surface area contributed by atoms with Crippen molar-refractivity contribution >= 4 is 73.6 Å². The van der Waals surface area contributed by atoms with Crippen LogP contribution in [0.5, 0.6) is 11.5 Å². The van der Waals surface area contributed by atoms with Crippen LogP contribution in [0.1, 0.15) is 26.7 Å². The largest absolute Gasteiger partial charge is 0.493 e. The summed E-state index contributed by atoms with van der Waals surface area (Å²) in [5, 5.41) is 10.4. The number of ether oxygens (including phenoxy) is 2. The van der Waals surface area contributed by atoms with Gasteiger partial charge in [0.1, 0.15) is 10.9 Å². The number of nitrogens with zero attached hydrogens (tertiary/aromatic N) is 1. The Balaban J connectivity index is 1.24. The summed E-state index contributed by atoms with van der Waals surface area (Å²) < 4.78 is 12.0. The molecule has 0 spiro atoms. The maximum Gasteiger partial charge on any atom is 0.272 e. The maximum absolute atomic E-state index is 13.9. The van der Waals surface area contributed by atoms with Crippen molar-refractivity contribution in [3.63, 3.8) is 0 Å². The molecule has 0 radical (unpaired) electrons. The number of hydrogen-bond acceptors (Lipinski definition) is 8. The van der Waals surface area contributed by atoms with Crippen molar-refractivity contribution in [3.05, 3.63) is 160 Å². The van der Waals surface area contributed by atoms with Crippen LogP contribution >= 0.6 is 39.0 Å². The quantitative estimate of drug-likeness (QED) is 0.0787. The molecular formula is C41H33BrN4O5S2. The number of halogens is 1.